The second kappa shape index (κ2) is 5.38. The van der Waals surface area contributed by atoms with Crippen LogP contribution in [-0.4, -0.2) is 24.3 Å². The van der Waals surface area contributed by atoms with E-state index in [1.54, 1.807) is 6.20 Å². The van der Waals surface area contributed by atoms with Crippen LogP contribution in [0.2, 0.25) is 0 Å². The smallest absolute Gasteiger partial charge is 0.140 e. The van der Waals surface area contributed by atoms with E-state index in [0.717, 1.165) is 28.8 Å². The van der Waals surface area contributed by atoms with Crippen molar-refractivity contribution < 1.29 is 5.11 Å². The van der Waals surface area contributed by atoms with Gasteiger partial charge in [0, 0.05) is 18.9 Å². The van der Waals surface area contributed by atoms with Gasteiger partial charge in [-0.05, 0) is 34.5 Å². The number of aliphatic hydroxyl groups is 1. The molecule has 0 radical (unpaired) electrons. The summed E-state index contributed by atoms with van der Waals surface area (Å²) in [4.78, 5) is 4.46. The fraction of sp³-hybridized carbons (Fsp3) is 0.286. The number of fused-ring (bicyclic) bond motifs is 1. The van der Waals surface area contributed by atoms with Crippen molar-refractivity contribution >= 4 is 21.6 Å². The highest BCUT2D eigenvalue weighted by atomic mass is 79.9. The van der Waals surface area contributed by atoms with Crippen LogP contribution in [0.1, 0.15) is 30.8 Å². The van der Waals surface area contributed by atoms with E-state index in [4.69, 9.17) is 0 Å². The average molecular weight is 335 g/mol. The molecule has 0 spiro atoms. The van der Waals surface area contributed by atoms with Gasteiger partial charge in [0.1, 0.15) is 11.8 Å². The highest BCUT2D eigenvalue weighted by molar-refractivity contribution is 9.10. The van der Waals surface area contributed by atoms with Crippen LogP contribution < -0.4 is 0 Å². The summed E-state index contributed by atoms with van der Waals surface area (Å²) < 4.78 is 4.52. The van der Waals surface area contributed by atoms with Gasteiger partial charge in [0.05, 0.1) is 22.1 Å². The summed E-state index contributed by atoms with van der Waals surface area (Å²) >= 11 is 3.45. The first-order valence-electron chi connectivity index (χ1n) is 6.53. The average Bonchev–Trinajstić information content (AvgIpc) is 3.02. The molecular formula is C14H15BrN4O. The first kappa shape index (κ1) is 13.3. The lowest BCUT2D eigenvalue weighted by molar-refractivity contribution is 0.202. The third kappa shape index (κ3) is 2.25. The lowest BCUT2D eigenvalue weighted by Gasteiger charge is -2.11. The van der Waals surface area contributed by atoms with Gasteiger partial charge in [0.25, 0.3) is 0 Å². The van der Waals surface area contributed by atoms with Crippen LogP contribution in [0.4, 0.5) is 0 Å². The molecule has 0 aliphatic carbocycles. The van der Waals surface area contributed by atoms with E-state index in [9.17, 15) is 5.11 Å². The molecule has 3 aromatic heterocycles. The zero-order valence-corrected chi connectivity index (χ0v) is 12.7. The van der Waals surface area contributed by atoms with Gasteiger partial charge in [-0.1, -0.05) is 13.0 Å². The SMILES string of the molecule is CCCn1ncc(Br)c1C(O)c1cn2ccccc2n1. The molecule has 3 heterocycles. The fourth-order valence-electron chi connectivity index (χ4n) is 2.26. The maximum atomic E-state index is 10.6. The van der Waals surface area contributed by atoms with Gasteiger partial charge in [0.15, 0.2) is 0 Å². The zero-order valence-electron chi connectivity index (χ0n) is 11.1. The minimum Gasteiger partial charge on any atom is -0.380 e. The van der Waals surface area contributed by atoms with E-state index in [1.807, 2.05) is 39.7 Å². The fourth-order valence-corrected chi connectivity index (χ4v) is 2.77. The number of halogens is 1. The van der Waals surface area contributed by atoms with Crippen molar-refractivity contribution in [3.8, 4) is 0 Å². The number of nitrogens with zero attached hydrogens (tertiary/aromatic N) is 4. The number of imidazole rings is 1. The topological polar surface area (TPSA) is 55.3 Å². The lowest BCUT2D eigenvalue weighted by Crippen LogP contribution is -2.11. The zero-order chi connectivity index (χ0) is 14.1. The molecule has 0 saturated heterocycles. The predicted octanol–water partition coefficient (Wildman–Crippen LogP) is 2.79. The van der Waals surface area contributed by atoms with E-state index >= 15 is 0 Å². The van der Waals surface area contributed by atoms with Gasteiger partial charge >= 0.3 is 0 Å². The molecule has 104 valence electrons. The molecule has 0 aromatic carbocycles. The highest BCUT2D eigenvalue weighted by Gasteiger charge is 2.21. The maximum Gasteiger partial charge on any atom is 0.140 e. The Morgan fingerprint density at radius 3 is 3.00 bits per heavy atom. The molecule has 3 aromatic rings. The number of hydrogen-bond donors (Lipinski definition) is 1. The van der Waals surface area contributed by atoms with Crippen molar-refractivity contribution in [2.24, 2.45) is 0 Å². The highest BCUT2D eigenvalue weighted by Crippen LogP contribution is 2.28. The van der Waals surface area contributed by atoms with Crippen LogP contribution in [0.5, 0.6) is 0 Å². The molecule has 0 aliphatic rings. The third-order valence-corrected chi connectivity index (χ3v) is 3.80. The molecule has 5 nitrogen and oxygen atoms in total. The van der Waals surface area contributed by atoms with Gasteiger partial charge in [-0.2, -0.15) is 5.10 Å². The normalized spacial score (nSPS) is 12.9. The van der Waals surface area contributed by atoms with E-state index in [-0.39, 0.29) is 0 Å². The Bertz CT molecular complexity index is 701. The summed E-state index contributed by atoms with van der Waals surface area (Å²) in [5, 5.41) is 14.9. The van der Waals surface area contributed by atoms with E-state index < -0.39 is 6.10 Å². The summed E-state index contributed by atoms with van der Waals surface area (Å²) in [7, 11) is 0. The van der Waals surface area contributed by atoms with Crippen LogP contribution in [0.3, 0.4) is 0 Å². The minimum absolute atomic E-state index is 0.620. The Labute approximate surface area is 125 Å². The van der Waals surface area contributed by atoms with Gasteiger partial charge in [-0.25, -0.2) is 4.98 Å². The Hall–Kier alpha value is -1.66. The van der Waals surface area contributed by atoms with Crippen molar-refractivity contribution in [1.29, 1.82) is 0 Å². The first-order chi connectivity index (χ1) is 9.70. The molecular weight excluding hydrogens is 320 g/mol. The van der Waals surface area contributed by atoms with Crippen molar-refractivity contribution in [2.75, 3.05) is 0 Å². The molecule has 0 aliphatic heterocycles. The third-order valence-electron chi connectivity index (χ3n) is 3.19. The van der Waals surface area contributed by atoms with Crippen LogP contribution in [0.25, 0.3) is 5.65 Å². The summed E-state index contributed by atoms with van der Waals surface area (Å²) in [6.45, 7) is 2.85. The summed E-state index contributed by atoms with van der Waals surface area (Å²) in [6.07, 6.45) is 5.63. The quantitative estimate of drug-likeness (QED) is 0.798. The Morgan fingerprint density at radius 2 is 2.25 bits per heavy atom. The van der Waals surface area contributed by atoms with E-state index in [1.165, 1.54) is 0 Å². The van der Waals surface area contributed by atoms with Gasteiger partial charge < -0.3 is 9.51 Å². The van der Waals surface area contributed by atoms with E-state index in [2.05, 4.69) is 32.9 Å². The van der Waals surface area contributed by atoms with Gasteiger partial charge in [0.2, 0.25) is 0 Å². The molecule has 20 heavy (non-hydrogen) atoms. The second-order valence-corrected chi connectivity index (χ2v) is 5.49. The molecule has 0 bridgehead atoms. The monoisotopic (exact) mass is 334 g/mol. The molecule has 3 rings (SSSR count). The summed E-state index contributed by atoms with van der Waals surface area (Å²) in [6, 6.07) is 5.77. The lowest BCUT2D eigenvalue weighted by atomic mass is 10.2. The van der Waals surface area contributed by atoms with Gasteiger partial charge in [-0.3, -0.25) is 4.68 Å². The molecule has 0 fully saturated rings. The van der Waals surface area contributed by atoms with Crippen molar-refractivity contribution in [3.05, 3.63) is 52.7 Å². The van der Waals surface area contributed by atoms with E-state index in [0.29, 0.717) is 5.69 Å². The Kier molecular flexibility index (Phi) is 3.58. The summed E-state index contributed by atoms with van der Waals surface area (Å²) in [5.41, 5.74) is 2.18. The Balaban J connectivity index is 2.03. The molecule has 1 atom stereocenters. The number of pyridine rings is 1. The second-order valence-electron chi connectivity index (χ2n) is 4.64. The molecule has 0 saturated carbocycles. The standard InChI is InChI=1S/C14H15BrN4O/c1-2-6-19-13(10(15)8-16-19)14(20)11-9-18-7-4-3-5-12(18)17-11/h3-5,7-9,14,20H,2,6H2,1H3. The van der Waals surface area contributed by atoms with Crippen molar-refractivity contribution in [1.82, 2.24) is 19.2 Å². The van der Waals surface area contributed by atoms with Crippen LogP contribution >= 0.6 is 15.9 Å². The van der Waals surface area contributed by atoms with Crippen molar-refractivity contribution in [3.63, 3.8) is 0 Å². The van der Waals surface area contributed by atoms with Crippen LogP contribution in [0, 0.1) is 0 Å². The summed E-state index contributed by atoms with van der Waals surface area (Å²) in [5.74, 6) is 0. The molecule has 0 amide bonds. The molecule has 1 N–H and O–H groups in total. The number of aromatic nitrogens is 4. The van der Waals surface area contributed by atoms with Crippen molar-refractivity contribution in [2.45, 2.75) is 26.0 Å². The largest absolute Gasteiger partial charge is 0.380 e. The first-order valence-corrected chi connectivity index (χ1v) is 7.33. The molecule has 6 heteroatoms. The number of aryl methyl sites for hydroxylation is 1. The number of rotatable bonds is 4. The van der Waals surface area contributed by atoms with Crippen LogP contribution in [0.15, 0.2) is 41.3 Å². The predicted molar refractivity (Wildman–Crippen MR) is 79.5 cm³/mol. The number of aliphatic hydroxyl groups excluding tert-OH is 1. The maximum absolute atomic E-state index is 10.6. The number of hydrogen-bond acceptors (Lipinski definition) is 3. The van der Waals surface area contributed by atoms with Crippen LogP contribution in [-0.2, 0) is 6.54 Å². The van der Waals surface area contributed by atoms with Gasteiger partial charge in [-0.15, -0.1) is 0 Å². The Morgan fingerprint density at radius 1 is 1.40 bits per heavy atom. The molecule has 1 unspecified atom stereocenters. The minimum atomic E-state index is -0.793.